The van der Waals surface area contributed by atoms with Crippen LogP contribution in [0.2, 0.25) is 0 Å². The smallest absolute Gasteiger partial charge is 0.256 e. The molecule has 0 aliphatic carbocycles. The van der Waals surface area contributed by atoms with Crippen LogP contribution >= 0.6 is 11.5 Å². The van der Waals surface area contributed by atoms with Crippen LogP contribution in [0.15, 0.2) is 0 Å². The fourth-order valence-corrected chi connectivity index (χ4v) is 3.59. The van der Waals surface area contributed by atoms with Crippen LogP contribution < -0.4 is 10.6 Å². The summed E-state index contributed by atoms with van der Waals surface area (Å²) in [7, 11) is 1.81. The zero-order valence-corrected chi connectivity index (χ0v) is 14.8. The molecule has 2 rings (SSSR count). The van der Waals surface area contributed by atoms with Gasteiger partial charge in [0.1, 0.15) is 5.00 Å². The van der Waals surface area contributed by atoms with E-state index in [1.807, 2.05) is 14.0 Å². The van der Waals surface area contributed by atoms with Crippen LogP contribution in [0.3, 0.4) is 0 Å². The quantitative estimate of drug-likeness (QED) is 0.862. The largest absolute Gasteiger partial charge is 0.378 e. The fourth-order valence-electron chi connectivity index (χ4n) is 2.84. The van der Waals surface area contributed by atoms with E-state index in [0.717, 1.165) is 23.8 Å². The molecule has 1 aromatic rings. The van der Waals surface area contributed by atoms with E-state index in [1.54, 1.807) is 0 Å². The summed E-state index contributed by atoms with van der Waals surface area (Å²) in [6.07, 6.45) is 0.474. The van der Waals surface area contributed by atoms with Crippen LogP contribution in [0.1, 0.15) is 36.8 Å². The van der Waals surface area contributed by atoms with Crippen LogP contribution in [-0.2, 0) is 4.74 Å². The van der Waals surface area contributed by atoms with Gasteiger partial charge in [-0.15, -0.1) is 0 Å². The molecular formula is C15H26N4O2S. The number of ether oxygens (including phenoxy) is 1. The van der Waals surface area contributed by atoms with E-state index in [9.17, 15) is 4.79 Å². The summed E-state index contributed by atoms with van der Waals surface area (Å²) in [5.41, 5.74) is 1.43. The van der Waals surface area contributed by atoms with Gasteiger partial charge >= 0.3 is 0 Å². The Morgan fingerprint density at radius 2 is 2.09 bits per heavy atom. The van der Waals surface area contributed by atoms with Gasteiger partial charge in [-0.1, -0.05) is 0 Å². The first kappa shape index (κ1) is 17.2. The molecule has 124 valence electrons. The lowest BCUT2D eigenvalue weighted by Gasteiger charge is -2.39. The lowest BCUT2D eigenvalue weighted by atomic mass is 10.1. The number of aromatic nitrogens is 1. The minimum Gasteiger partial charge on any atom is -0.378 e. The van der Waals surface area contributed by atoms with E-state index in [0.29, 0.717) is 12.1 Å². The van der Waals surface area contributed by atoms with Gasteiger partial charge in [0, 0.05) is 32.7 Å². The van der Waals surface area contributed by atoms with Crippen molar-refractivity contribution in [1.29, 1.82) is 0 Å². The van der Waals surface area contributed by atoms with Crippen LogP contribution in [0.25, 0.3) is 0 Å². The topological polar surface area (TPSA) is 66.5 Å². The molecule has 1 aliphatic heterocycles. The zero-order valence-electron chi connectivity index (χ0n) is 14.0. The van der Waals surface area contributed by atoms with Crippen molar-refractivity contribution in [3.63, 3.8) is 0 Å². The average molecular weight is 326 g/mol. The zero-order chi connectivity index (χ0) is 16.3. The van der Waals surface area contributed by atoms with Crippen molar-refractivity contribution < 1.29 is 9.53 Å². The maximum atomic E-state index is 12.4. The molecule has 22 heavy (non-hydrogen) atoms. The second kappa shape index (κ2) is 7.39. The SMILES string of the molecule is CNc1snc(C)c1C(=O)NC[C@@H](C)N1C[C@@H](C)O[C@@H](C)C1. The highest BCUT2D eigenvalue weighted by molar-refractivity contribution is 7.10. The molecule has 3 atom stereocenters. The van der Waals surface area contributed by atoms with Gasteiger partial charge in [-0.2, -0.15) is 4.37 Å². The molecule has 0 saturated carbocycles. The summed E-state index contributed by atoms with van der Waals surface area (Å²) < 4.78 is 9.99. The van der Waals surface area contributed by atoms with E-state index >= 15 is 0 Å². The number of nitrogens with one attached hydrogen (secondary N) is 2. The molecule has 0 bridgehead atoms. The number of anilines is 1. The summed E-state index contributed by atoms with van der Waals surface area (Å²) in [6, 6.07) is 0.280. The van der Waals surface area contributed by atoms with Gasteiger partial charge in [-0.05, 0) is 39.2 Å². The first-order chi connectivity index (χ1) is 10.4. The Balaban J connectivity index is 1.91. The van der Waals surface area contributed by atoms with E-state index < -0.39 is 0 Å². The third kappa shape index (κ3) is 3.97. The molecule has 2 heterocycles. The molecule has 7 heteroatoms. The number of carbonyl (C=O) groups excluding carboxylic acids is 1. The van der Waals surface area contributed by atoms with E-state index in [4.69, 9.17) is 4.74 Å². The minimum absolute atomic E-state index is 0.0585. The normalized spacial score (nSPS) is 24.0. The predicted octanol–water partition coefficient (Wildman–Crippen LogP) is 1.72. The Morgan fingerprint density at radius 3 is 2.68 bits per heavy atom. The van der Waals surface area contributed by atoms with Crippen LogP contribution in [0.4, 0.5) is 5.00 Å². The van der Waals surface area contributed by atoms with E-state index in [2.05, 4.69) is 40.7 Å². The molecule has 1 saturated heterocycles. The number of nitrogens with zero attached hydrogens (tertiary/aromatic N) is 2. The van der Waals surface area contributed by atoms with Gasteiger partial charge < -0.3 is 15.4 Å². The van der Waals surface area contributed by atoms with Gasteiger partial charge in [-0.25, -0.2) is 0 Å². The Morgan fingerprint density at radius 1 is 1.45 bits per heavy atom. The molecule has 2 N–H and O–H groups in total. The lowest BCUT2D eigenvalue weighted by molar-refractivity contribution is -0.0778. The molecule has 0 unspecified atom stereocenters. The standard InChI is InChI=1S/C15H26N4O2S/c1-9(19-7-10(2)21-11(3)8-19)6-17-14(20)13-12(4)18-22-15(13)16-5/h9-11,16H,6-8H2,1-5H3,(H,17,20)/t9-,10-,11+/m1/s1. The second-order valence-corrected chi connectivity index (χ2v) is 6.77. The highest BCUT2D eigenvalue weighted by Gasteiger charge is 2.26. The predicted molar refractivity (Wildman–Crippen MR) is 89.8 cm³/mol. The molecule has 1 aromatic heterocycles. The highest BCUT2D eigenvalue weighted by Crippen LogP contribution is 2.23. The number of carbonyl (C=O) groups is 1. The molecule has 6 nitrogen and oxygen atoms in total. The molecule has 1 amide bonds. The van der Waals surface area contributed by atoms with Crippen LogP contribution in [0.5, 0.6) is 0 Å². The molecule has 0 radical (unpaired) electrons. The van der Waals surface area contributed by atoms with Gasteiger partial charge in [0.15, 0.2) is 0 Å². The van der Waals surface area contributed by atoms with Crippen molar-refractivity contribution >= 4 is 22.4 Å². The number of morpholine rings is 1. The molecule has 0 aromatic carbocycles. The Kier molecular flexibility index (Phi) is 5.77. The number of aryl methyl sites for hydroxylation is 1. The van der Waals surface area contributed by atoms with E-state index in [-0.39, 0.29) is 24.2 Å². The highest BCUT2D eigenvalue weighted by atomic mass is 32.1. The summed E-state index contributed by atoms with van der Waals surface area (Å²) in [4.78, 5) is 14.8. The summed E-state index contributed by atoms with van der Waals surface area (Å²) >= 11 is 1.32. The summed E-state index contributed by atoms with van der Waals surface area (Å²) in [5.74, 6) is -0.0585. The van der Waals surface area contributed by atoms with Gasteiger partial charge in [0.25, 0.3) is 5.91 Å². The number of amides is 1. The van der Waals surface area contributed by atoms with Crippen molar-refractivity contribution in [2.45, 2.75) is 45.9 Å². The van der Waals surface area contributed by atoms with Gasteiger partial charge in [-0.3, -0.25) is 9.69 Å². The first-order valence-electron chi connectivity index (χ1n) is 7.74. The van der Waals surface area contributed by atoms with Crippen molar-refractivity contribution in [2.75, 3.05) is 32.0 Å². The Labute approximate surface area is 136 Å². The average Bonchev–Trinajstić information content (AvgIpc) is 2.84. The van der Waals surface area contributed by atoms with Crippen molar-refractivity contribution in [3.8, 4) is 0 Å². The number of rotatable bonds is 5. The monoisotopic (exact) mass is 326 g/mol. The van der Waals surface area contributed by atoms with Crippen LogP contribution in [0, 0.1) is 6.92 Å². The number of hydrogen-bond acceptors (Lipinski definition) is 6. The van der Waals surface area contributed by atoms with Crippen molar-refractivity contribution in [1.82, 2.24) is 14.6 Å². The fraction of sp³-hybridized carbons (Fsp3) is 0.733. The van der Waals surface area contributed by atoms with E-state index in [1.165, 1.54) is 11.5 Å². The van der Waals surface area contributed by atoms with Gasteiger partial charge in [0.05, 0.1) is 23.5 Å². The molecule has 1 fully saturated rings. The van der Waals surface area contributed by atoms with Crippen molar-refractivity contribution in [3.05, 3.63) is 11.3 Å². The molecule has 0 spiro atoms. The second-order valence-electron chi connectivity index (χ2n) is 5.99. The molecular weight excluding hydrogens is 300 g/mol. The van der Waals surface area contributed by atoms with Crippen LogP contribution in [-0.4, -0.2) is 60.1 Å². The third-order valence-electron chi connectivity index (χ3n) is 3.95. The van der Waals surface area contributed by atoms with Crippen molar-refractivity contribution in [2.24, 2.45) is 0 Å². The lowest BCUT2D eigenvalue weighted by Crippen LogP contribution is -2.52. The Bertz CT molecular complexity index is 510. The summed E-state index contributed by atoms with van der Waals surface area (Å²) in [5, 5.41) is 6.88. The maximum absolute atomic E-state index is 12.4. The number of hydrogen-bond donors (Lipinski definition) is 2. The summed E-state index contributed by atoms with van der Waals surface area (Å²) in [6.45, 7) is 10.6. The van der Waals surface area contributed by atoms with Gasteiger partial charge in [0.2, 0.25) is 0 Å². The first-order valence-corrected chi connectivity index (χ1v) is 8.51. The molecule has 1 aliphatic rings. The third-order valence-corrected chi connectivity index (χ3v) is 4.90. The minimum atomic E-state index is -0.0585. The Hall–Kier alpha value is -1.18. The maximum Gasteiger partial charge on any atom is 0.256 e.